The van der Waals surface area contributed by atoms with Crippen LogP contribution in [-0.4, -0.2) is 44.1 Å². The topological polar surface area (TPSA) is 86.8 Å². The maximum atomic E-state index is 12.8. The van der Waals surface area contributed by atoms with Gasteiger partial charge in [-0.15, -0.1) is 0 Å². The molecule has 2 N–H and O–H groups in total. The molecule has 2 aliphatic heterocycles. The second kappa shape index (κ2) is 7.15. The molecule has 2 aliphatic rings. The van der Waals surface area contributed by atoms with E-state index in [-0.39, 0.29) is 11.9 Å². The molecule has 138 valence electrons. The normalized spacial score (nSPS) is 19.8. The number of nitrogens with one attached hydrogen (secondary N) is 2. The molecule has 2 aromatic heterocycles. The zero-order valence-electron chi connectivity index (χ0n) is 15.5. The number of amides is 1. The van der Waals surface area contributed by atoms with E-state index in [9.17, 15) is 4.79 Å². The number of aromatic amines is 1. The number of carbonyl (C=O) groups is 1. The van der Waals surface area contributed by atoms with Crippen molar-refractivity contribution in [3.8, 4) is 0 Å². The Morgan fingerprint density at radius 2 is 2.31 bits per heavy atom. The number of rotatable bonds is 4. The van der Waals surface area contributed by atoms with Crippen molar-refractivity contribution >= 4 is 5.91 Å². The minimum Gasteiger partial charge on any atom is -0.332 e. The Morgan fingerprint density at radius 3 is 3.08 bits per heavy atom. The number of nitrogens with zero attached hydrogens (tertiary/aromatic N) is 4. The van der Waals surface area contributed by atoms with Gasteiger partial charge in [-0.3, -0.25) is 9.89 Å². The molecule has 1 saturated heterocycles. The van der Waals surface area contributed by atoms with Gasteiger partial charge in [-0.05, 0) is 37.8 Å². The number of fused-ring (bicyclic) bond motifs is 1. The molecule has 0 radical (unpaired) electrons. The van der Waals surface area contributed by atoms with Crippen molar-refractivity contribution in [2.45, 2.75) is 52.1 Å². The maximum absolute atomic E-state index is 12.8. The van der Waals surface area contributed by atoms with Gasteiger partial charge in [0.2, 0.25) is 0 Å². The highest BCUT2D eigenvalue weighted by Crippen LogP contribution is 2.23. The molecule has 0 aliphatic carbocycles. The third-order valence-electron chi connectivity index (χ3n) is 5.09. The molecule has 1 fully saturated rings. The summed E-state index contributed by atoms with van der Waals surface area (Å²) in [5.74, 6) is 1.40. The van der Waals surface area contributed by atoms with Gasteiger partial charge < -0.3 is 10.2 Å². The molecular weight excluding hydrogens is 328 g/mol. The fourth-order valence-electron chi connectivity index (χ4n) is 3.76. The lowest BCUT2D eigenvalue weighted by Gasteiger charge is -2.28. The van der Waals surface area contributed by atoms with Crippen molar-refractivity contribution in [1.82, 2.24) is 30.4 Å². The van der Waals surface area contributed by atoms with Gasteiger partial charge in [0.1, 0.15) is 11.5 Å². The molecule has 26 heavy (non-hydrogen) atoms. The summed E-state index contributed by atoms with van der Waals surface area (Å²) in [4.78, 5) is 23.9. The standard InChI is InChI=1S/C19H26N6O/c1-12(2)8-14-9-17(24-23-14)19(26)25-7-5-15-13(11-25)10-21-18(22-15)16-4-3-6-20-16/h9-10,12,16,20H,3-8,11H2,1-2H3,(H,23,24). The summed E-state index contributed by atoms with van der Waals surface area (Å²) in [6.45, 7) is 6.57. The Bertz CT molecular complexity index is 793. The monoisotopic (exact) mass is 354 g/mol. The average Bonchev–Trinajstić information content (AvgIpc) is 3.31. The van der Waals surface area contributed by atoms with Gasteiger partial charge in [0.25, 0.3) is 5.91 Å². The van der Waals surface area contributed by atoms with Crippen LogP contribution in [0.1, 0.15) is 66.0 Å². The highest BCUT2D eigenvalue weighted by atomic mass is 16.2. The van der Waals surface area contributed by atoms with Gasteiger partial charge in [-0.2, -0.15) is 5.10 Å². The fraction of sp³-hybridized carbons (Fsp3) is 0.579. The first-order valence-corrected chi connectivity index (χ1v) is 9.52. The largest absolute Gasteiger partial charge is 0.332 e. The summed E-state index contributed by atoms with van der Waals surface area (Å²) >= 11 is 0. The number of hydrogen-bond donors (Lipinski definition) is 2. The molecule has 1 amide bonds. The first-order chi connectivity index (χ1) is 12.6. The summed E-state index contributed by atoms with van der Waals surface area (Å²) < 4.78 is 0. The number of H-pyrrole nitrogens is 1. The quantitative estimate of drug-likeness (QED) is 0.877. The molecule has 1 unspecified atom stereocenters. The van der Waals surface area contributed by atoms with Gasteiger partial charge in [0, 0.05) is 37.0 Å². The van der Waals surface area contributed by atoms with E-state index >= 15 is 0 Å². The summed E-state index contributed by atoms with van der Waals surface area (Å²) in [6.07, 6.45) is 5.84. The molecule has 7 heteroatoms. The molecule has 7 nitrogen and oxygen atoms in total. The van der Waals surface area contributed by atoms with E-state index in [1.807, 2.05) is 17.2 Å². The minimum absolute atomic E-state index is 0.0246. The van der Waals surface area contributed by atoms with Gasteiger partial charge >= 0.3 is 0 Å². The molecule has 0 saturated carbocycles. The average molecular weight is 354 g/mol. The zero-order chi connectivity index (χ0) is 18.1. The van der Waals surface area contributed by atoms with E-state index < -0.39 is 0 Å². The van der Waals surface area contributed by atoms with Crippen molar-refractivity contribution in [1.29, 1.82) is 0 Å². The lowest BCUT2D eigenvalue weighted by molar-refractivity contribution is 0.0727. The van der Waals surface area contributed by atoms with Crippen LogP contribution < -0.4 is 5.32 Å². The molecule has 0 spiro atoms. The SMILES string of the molecule is CC(C)Cc1cc(C(=O)N2CCc3nc(C4CCCN4)ncc3C2)n[nH]1. The van der Waals surface area contributed by atoms with E-state index in [4.69, 9.17) is 4.98 Å². The van der Waals surface area contributed by atoms with Crippen LogP contribution in [-0.2, 0) is 19.4 Å². The van der Waals surface area contributed by atoms with E-state index in [2.05, 4.69) is 34.3 Å². The van der Waals surface area contributed by atoms with Crippen LogP contribution in [0.4, 0.5) is 0 Å². The van der Waals surface area contributed by atoms with Gasteiger partial charge in [0.15, 0.2) is 0 Å². The summed E-state index contributed by atoms with van der Waals surface area (Å²) in [6, 6.07) is 2.16. The summed E-state index contributed by atoms with van der Waals surface area (Å²) in [7, 11) is 0. The molecule has 4 rings (SSSR count). The van der Waals surface area contributed by atoms with Crippen molar-refractivity contribution in [2.75, 3.05) is 13.1 Å². The van der Waals surface area contributed by atoms with Crippen LogP contribution >= 0.6 is 0 Å². The zero-order valence-corrected chi connectivity index (χ0v) is 15.5. The van der Waals surface area contributed by atoms with Crippen LogP contribution in [0.2, 0.25) is 0 Å². The van der Waals surface area contributed by atoms with E-state index in [0.29, 0.717) is 24.7 Å². The highest BCUT2D eigenvalue weighted by molar-refractivity contribution is 5.92. The third-order valence-corrected chi connectivity index (χ3v) is 5.09. The third kappa shape index (κ3) is 3.49. The molecule has 1 atom stereocenters. The van der Waals surface area contributed by atoms with Crippen LogP contribution in [0, 0.1) is 5.92 Å². The number of carbonyl (C=O) groups excluding carboxylic acids is 1. The minimum atomic E-state index is -0.0246. The Balaban J connectivity index is 1.46. The smallest absolute Gasteiger partial charge is 0.274 e. The first kappa shape index (κ1) is 17.1. The Labute approximate surface area is 153 Å². The lowest BCUT2D eigenvalue weighted by Crippen LogP contribution is -2.37. The van der Waals surface area contributed by atoms with Gasteiger partial charge in [-0.1, -0.05) is 13.8 Å². The molecule has 4 heterocycles. The van der Waals surface area contributed by atoms with Crippen molar-refractivity contribution in [2.24, 2.45) is 5.92 Å². The van der Waals surface area contributed by atoms with Crippen LogP contribution in [0.15, 0.2) is 12.3 Å². The fourth-order valence-corrected chi connectivity index (χ4v) is 3.76. The van der Waals surface area contributed by atoms with E-state index in [0.717, 1.165) is 48.6 Å². The van der Waals surface area contributed by atoms with Crippen LogP contribution in [0.5, 0.6) is 0 Å². The Hall–Kier alpha value is -2.28. The maximum Gasteiger partial charge on any atom is 0.274 e. The van der Waals surface area contributed by atoms with E-state index in [1.165, 1.54) is 6.42 Å². The van der Waals surface area contributed by atoms with Crippen LogP contribution in [0.25, 0.3) is 0 Å². The predicted octanol–water partition coefficient (Wildman–Crippen LogP) is 2.02. The van der Waals surface area contributed by atoms with Gasteiger partial charge in [-0.25, -0.2) is 9.97 Å². The highest BCUT2D eigenvalue weighted by Gasteiger charge is 2.26. The Morgan fingerprint density at radius 1 is 1.42 bits per heavy atom. The van der Waals surface area contributed by atoms with Crippen molar-refractivity contribution in [3.63, 3.8) is 0 Å². The van der Waals surface area contributed by atoms with Crippen molar-refractivity contribution in [3.05, 3.63) is 40.7 Å². The summed E-state index contributed by atoms with van der Waals surface area (Å²) in [5.41, 5.74) is 3.63. The lowest BCUT2D eigenvalue weighted by atomic mass is 10.1. The molecular formula is C19H26N6O. The predicted molar refractivity (Wildman–Crippen MR) is 97.6 cm³/mol. The molecule has 0 bridgehead atoms. The second-order valence-electron chi connectivity index (χ2n) is 7.70. The van der Waals surface area contributed by atoms with Crippen molar-refractivity contribution < 1.29 is 4.79 Å². The van der Waals surface area contributed by atoms with E-state index in [1.54, 1.807) is 0 Å². The molecule has 0 aromatic carbocycles. The van der Waals surface area contributed by atoms with Crippen LogP contribution in [0.3, 0.4) is 0 Å². The number of hydrogen-bond acceptors (Lipinski definition) is 5. The summed E-state index contributed by atoms with van der Waals surface area (Å²) in [5, 5.41) is 10.6. The second-order valence-corrected chi connectivity index (χ2v) is 7.70. The van der Waals surface area contributed by atoms with Gasteiger partial charge in [0.05, 0.1) is 11.7 Å². The molecule has 2 aromatic rings. The Kier molecular flexibility index (Phi) is 4.72. The number of aromatic nitrogens is 4. The first-order valence-electron chi connectivity index (χ1n) is 9.52.